The number of rotatable bonds is 5. The highest BCUT2D eigenvalue weighted by Gasteiger charge is 2.37. The van der Waals surface area contributed by atoms with Gasteiger partial charge in [-0.1, -0.05) is 287 Å². The maximum Gasteiger partial charge on any atom is 0.159 e. The Kier molecular flexibility index (Phi) is 16.7. The lowest BCUT2D eigenvalue weighted by molar-refractivity contribution is 0.660. The minimum atomic E-state index is -0.115. The zero-order valence-corrected chi connectivity index (χ0v) is 76.5. The lowest BCUT2D eigenvalue weighted by Crippen LogP contribution is -2.15. The normalized spacial score (nSPS) is 12.7. The van der Waals surface area contributed by atoms with Crippen LogP contribution in [0.1, 0.15) is 25.0 Å². The molecule has 11 aromatic heterocycles. The number of para-hydroxylation sites is 11. The van der Waals surface area contributed by atoms with Crippen LogP contribution >= 0.6 is 11.3 Å². The quantitative estimate of drug-likeness (QED) is 0.170. The van der Waals surface area contributed by atoms with E-state index in [9.17, 15) is 0 Å². The van der Waals surface area contributed by atoms with Crippen LogP contribution in [-0.4, -0.2) is 18.3 Å². The van der Waals surface area contributed by atoms with Crippen LogP contribution in [0.25, 0.3) is 284 Å². The van der Waals surface area contributed by atoms with Crippen LogP contribution in [0.3, 0.4) is 0 Å². The van der Waals surface area contributed by atoms with Crippen LogP contribution in [0.15, 0.2) is 463 Å². The fourth-order valence-electron chi connectivity index (χ4n) is 23.2. The molecular formula is C129H78N4O6S. The average Bonchev–Trinajstić information content (AvgIpc) is 1.56. The Bertz CT molecular complexity index is 10600. The Morgan fingerprint density at radius 3 is 0.979 bits per heavy atom. The molecule has 11 heterocycles. The second-order valence-electron chi connectivity index (χ2n) is 37.5. The van der Waals surface area contributed by atoms with Crippen LogP contribution in [0.5, 0.6) is 0 Å². The van der Waals surface area contributed by atoms with E-state index in [4.69, 9.17) is 26.5 Å². The SMILES string of the molecule is CC1(C)c2cc(-c3ccccc3)ccc2-c2ccc(-n3c4ccccc4c4cc5c(cc43)oc3ccccc35)cc21.c1ccc2c(c1)oc1cc3c(cc12)c1ccccc1n3-c1cccc2c1oc1ccccc12.c1ccc2c(c1)oc1cc3c(cc12)c1ccccc1n3-c1cccc2c1sc1ccccc12.c1ccc2c(c1)oc1ccc(-n3c4ccccc4c4cc5c(cc43)oc3ccccc35)cc12. The van der Waals surface area contributed by atoms with E-state index in [-0.39, 0.29) is 5.41 Å². The molecule has 0 aliphatic heterocycles. The van der Waals surface area contributed by atoms with Crippen molar-refractivity contribution < 1.29 is 26.5 Å². The number of hydrogen-bond acceptors (Lipinski definition) is 7. The summed E-state index contributed by atoms with van der Waals surface area (Å²) >= 11 is 1.87. The van der Waals surface area contributed by atoms with Crippen molar-refractivity contribution in [3.63, 3.8) is 0 Å². The first-order chi connectivity index (χ1) is 69.2. The Labute approximate surface area is 801 Å². The van der Waals surface area contributed by atoms with Crippen LogP contribution < -0.4 is 0 Å². The van der Waals surface area contributed by atoms with E-state index < -0.39 is 0 Å². The van der Waals surface area contributed by atoms with Gasteiger partial charge in [0.1, 0.15) is 61.4 Å². The van der Waals surface area contributed by atoms with Crippen LogP contribution in [-0.2, 0) is 5.41 Å². The summed E-state index contributed by atoms with van der Waals surface area (Å²) < 4.78 is 49.6. The van der Waals surface area contributed by atoms with Crippen molar-refractivity contribution in [1.82, 2.24) is 18.3 Å². The number of nitrogens with zero attached hydrogens (tertiary/aromatic N) is 4. The third kappa shape index (κ3) is 11.6. The first kappa shape index (κ1) is 78.2. The summed E-state index contributed by atoms with van der Waals surface area (Å²) in [4.78, 5) is 0. The van der Waals surface area contributed by atoms with Gasteiger partial charge in [0.2, 0.25) is 0 Å². The highest BCUT2D eigenvalue weighted by atomic mass is 32.1. The van der Waals surface area contributed by atoms with Gasteiger partial charge in [0.25, 0.3) is 0 Å². The van der Waals surface area contributed by atoms with Gasteiger partial charge >= 0.3 is 0 Å². The molecule has 0 fully saturated rings. The largest absolute Gasteiger partial charge is 0.456 e. The zero-order chi connectivity index (χ0) is 91.8. The van der Waals surface area contributed by atoms with E-state index in [1.807, 2.05) is 78.1 Å². The maximum atomic E-state index is 6.40. The lowest BCUT2D eigenvalue weighted by Gasteiger charge is -2.23. The third-order valence-electron chi connectivity index (χ3n) is 29.6. The Hall–Kier alpha value is -18.2. The molecule has 1 aliphatic rings. The Morgan fingerprint density at radius 2 is 0.507 bits per heavy atom. The summed E-state index contributed by atoms with van der Waals surface area (Å²) in [6, 6.07) is 155. The molecule has 0 saturated carbocycles. The number of aromatic nitrogens is 4. The molecule has 0 radical (unpaired) electrons. The smallest absolute Gasteiger partial charge is 0.159 e. The monoisotopic (exact) mass is 1810 g/mol. The molecule has 21 aromatic carbocycles. The average molecular weight is 1810 g/mol. The summed E-state index contributed by atoms with van der Waals surface area (Å²) in [6.07, 6.45) is 0. The molecule has 1 aliphatic carbocycles. The van der Waals surface area contributed by atoms with Crippen molar-refractivity contribution in [2.45, 2.75) is 19.3 Å². The van der Waals surface area contributed by atoms with Crippen molar-refractivity contribution in [2.75, 3.05) is 0 Å². The summed E-state index contributed by atoms with van der Waals surface area (Å²) in [7, 11) is 0. The topological polar surface area (TPSA) is 98.6 Å². The molecule has 0 atom stereocenters. The van der Waals surface area contributed by atoms with E-state index in [2.05, 4.69) is 402 Å². The molecule has 656 valence electrons. The van der Waals surface area contributed by atoms with Gasteiger partial charge in [0, 0.05) is 164 Å². The minimum absolute atomic E-state index is 0.115. The van der Waals surface area contributed by atoms with Crippen molar-refractivity contribution in [1.29, 1.82) is 0 Å². The lowest BCUT2D eigenvalue weighted by atomic mass is 9.81. The number of fused-ring (bicyclic) bond motifs is 36. The van der Waals surface area contributed by atoms with Gasteiger partial charge in [-0.2, -0.15) is 0 Å². The summed E-state index contributed by atoms with van der Waals surface area (Å²) in [6.45, 7) is 4.72. The van der Waals surface area contributed by atoms with Gasteiger partial charge < -0.3 is 44.8 Å². The molecule has 0 bridgehead atoms. The van der Waals surface area contributed by atoms with Crippen LogP contribution in [0, 0.1) is 0 Å². The first-order valence-electron chi connectivity index (χ1n) is 47.6. The molecule has 0 N–H and O–H groups in total. The number of thiophene rings is 1. The molecule has 33 rings (SSSR count). The van der Waals surface area contributed by atoms with Crippen LogP contribution in [0.4, 0.5) is 0 Å². The Balaban J connectivity index is 0.0000000881. The highest BCUT2D eigenvalue weighted by Crippen LogP contribution is 2.53. The molecule has 32 aromatic rings. The van der Waals surface area contributed by atoms with Gasteiger partial charge in [0.05, 0.1) is 60.2 Å². The minimum Gasteiger partial charge on any atom is -0.456 e. The molecular weight excluding hydrogens is 1730 g/mol. The summed E-state index contributed by atoms with van der Waals surface area (Å²) in [5.41, 5.74) is 32.6. The molecule has 0 saturated heterocycles. The summed E-state index contributed by atoms with van der Waals surface area (Å²) in [5, 5.41) is 26.3. The van der Waals surface area contributed by atoms with E-state index >= 15 is 0 Å². The maximum absolute atomic E-state index is 6.40. The first-order valence-corrected chi connectivity index (χ1v) is 48.4. The molecule has 0 spiro atoms. The zero-order valence-electron chi connectivity index (χ0n) is 75.7. The molecule has 11 heteroatoms. The predicted octanol–water partition coefficient (Wildman–Crippen LogP) is 36.9. The highest BCUT2D eigenvalue weighted by molar-refractivity contribution is 7.26. The third-order valence-corrected chi connectivity index (χ3v) is 30.8. The molecule has 10 nitrogen and oxygen atoms in total. The number of hydrogen-bond donors (Lipinski definition) is 0. The Morgan fingerprint density at radius 1 is 0.186 bits per heavy atom. The fourth-order valence-corrected chi connectivity index (χ4v) is 24.4. The van der Waals surface area contributed by atoms with Gasteiger partial charge in [0.15, 0.2) is 5.58 Å². The van der Waals surface area contributed by atoms with Gasteiger partial charge in [-0.15, -0.1) is 11.3 Å². The van der Waals surface area contributed by atoms with Gasteiger partial charge in [-0.3, -0.25) is 0 Å². The van der Waals surface area contributed by atoms with Crippen LogP contribution in [0.2, 0.25) is 0 Å². The van der Waals surface area contributed by atoms with Gasteiger partial charge in [-0.25, -0.2) is 0 Å². The number of furan rings is 6. The molecule has 0 amide bonds. The number of benzene rings is 21. The molecule has 140 heavy (non-hydrogen) atoms. The van der Waals surface area contributed by atoms with E-state index in [1.54, 1.807) is 0 Å². The second-order valence-corrected chi connectivity index (χ2v) is 38.6. The van der Waals surface area contributed by atoms with Crippen molar-refractivity contribution >= 4 is 250 Å². The standard InChI is InChI=1S/C39H27NO.2C30H17NO2.C30H17NOS/c1-39(2)33-20-25(24-10-4-3-5-11-24)16-18-27(33)28-19-17-26(21-34(28)39)40-35-14-8-6-12-29(35)31-22-32-30-13-7-9-15-37(30)41-38(32)23-36(31)40;1-4-12-24-18(8-1)22-16-23-20-10-3-5-14-27(20)32-29(23)17-26(22)31(24)25-13-7-11-21-19-9-2-6-15-28(19)33-30(21)25;1-4-10-25-19(7-1)22-16-24-21-9-3-6-12-28(21)33-30(24)17-26(22)31(25)18-13-14-29-23(15-18)20-8-2-5-11-27(20)32-29;1-4-12-24-18(8-1)22-16-23-19-9-2-5-14-27(19)32-28(23)17-26(22)31(24)25-13-7-11-21-20-10-3-6-15-29(20)33-30(21)25/h3-23H,1-2H3;3*1-17H. The van der Waals surface area contributed by atoms with E-state index in [0.29, 0.717) is 0 Å². The fraction of sp³-hybridized carbons (Fsp3) is 0.0233. The second kappa shape index (κ2) is 29.9. The van der Waals surface area contributed by atoms with Crippen molar-refractivity contribution in [3.05, 3.63) is 448 Å². The van der Waals surface area contributed by atoms with E-state index in [0.717, 1.165) is 160 Å². The molecule has 0 unspecified atom stereocenters. The van der Waals surface area contributed by atoms with Crippen molar-refractivity contribution in [3.8, 4) is 45.0 Å². The van der Waals surface area contributed by atoms with Gasteiger partial charge in [-0.05, 0) is 173 Å². The predicted molar refractivity (Wildman–Crippen MR) is 583 cm³/mol. The van der Waals surface area contributed by atoms with Crippen molar-refractivity contribution in [2.24, 2.45) is 0 Å². The summed E-state index contributed by atoms with van der Waals surface area (Å²) in [5.74, 6) is 0. The van der Waals surface area contributed by atoms with E-state index in [1.165, 1.54) is 135 Å².